The van der Waals surface area contributed by atoms with Gasteiger partial charge in [0.25, 0.3) is 0 Å². The first kappa shape index (κ1) is 13.1. The minimum atomic E-state index is -0.297. The molecule has 0 aliphatic heterocycles. The number of methoxy groups -OCH3 is 1. The van der Waals surface area contributed by atoms with Crippen molar-refractivity contribution in [1.82, 2.24) is 0 Å². The van der Waals surface area contributed by atoms with Crippen molar-refractivity contribution in [1.29, 1.82) is 0 Å². The molecular formula is C14H20FNO2. The molecule has 0 bridgehead atoms. The van der Waals surface area contributed by atoms with E-state index in [0.717, 1.165) is 24.8 Å². The van der Waals surface area contributed by atoms with Gasteiger partial charge in [-0.05, 0) is 37.8 Å². The zero-order valence-electron chi connectivity index (χ0n) is 10.9. The van der Waals surface area contributed by atoms with E-state index in [9.17, 15) is 4.39 Å². The molecule has 0 saturated heterocycles. The van der Waals surface area contributed by atoms with Crippen LogP contribution in [-0.2, 0) is 0 Å². The Morgan fingerprint density at radius 3 is 2.72 bits per heavy atom. The van der Waals surface area contributed by atoms with E-state index < -0.39 is 0 Å². The van der Waals surface area contributed by atoms with Crippen LogP contribution in [0, 0.1) is 5.82 Å². The molecular weight excluding hydrogens is 233 g/mol. The summed E-state index contributed by atoms with van der Waals surface area (Å²) >= 11 is 0. The van der Waals surface area contributed by atoms with Crippen molar-refractivity contribution >= 4 is 0 Å². The van der Waals surface area contributed by atoms with E-state index in [4.69, 9.17) is 15.2 Å². The van der Waals surface area contributed by atoms with Gasteiger partial charge in [0.05, 0.1) is 13.2 Å². The van der Waals surface area contributed by atoms with E-state index in [2.05, 4.69) is 0 Å². The van der Waals surface area contributed by atoms with E-state index in [1.807, 2.05) is 6.92 Å². The Hall–Kier alpha value is -1.29. The maximum absolute atomic E-state index is 13.6. The highest BCUT2D eigenvalue weighted by atomic mass is 19.1. The van der Waals surface area contributed by atoms with Crippen LogP contribution in [0.2, 0.25) is 0 Å². The molecule has 1 fully saturated rings. The van der Waals surface area contributed by atoms with Gasteiger partial charge in [-0.15, -0.1) is 0 Å². The van der Waals surface area contributed by atoms with Crippen LogP contribution in [0.25, 0.3) is 0 Å². The van der Waals surface area contributed by atoms with Crippen molar-refractivity contribution in [2.24, 2.45) is 5.73 Å². The molecule has 1 saturated carbocycles. The van der Waals surface area contributed by atoms with E-state index >= 15 is 0 Å². The lowest BCUT2D eigenvalue weighted by molar-refractivity contribution is 0.276. The Bertz CT molecular complexity index is 419. The zero-order valence-corrected chi connectivity index (χ0v) is 10.9. The summed E-state index contributed by atoms with van der Waals surface area (Å²) in [6.45, 7) is 2.60. The molecule has 2 N–H and O–H groups in total. The smallest absolute Gasteiger partial charge is 0.165 e. The van der Waals surface area contributed by atoms with E-state index in [-0.39, 0.29) is 17.8 Å². The van der Waals surface area contributed by atoms with Crippen LogP contribution in [0.4, 0.5) is 4.39 Å². The predicted octanol–water partition coefficient (Wildman–Crippen LogP) is 2.83. The predicted molar refractivity (Wildman–Crippen MR) is 68.7 cm³/mol. The van der Waals surface area contributed by atoms with Crippen molar-refractivity contribution < 1.29 is 13.9 Å². The van der Waals surface area contributed by atoms with Crippen molar-refractivity contribution in [2.75, 3.05) is 13.7 Å². The quantitative estimate of drug-likeness (QED) is 0.847. The van der Waals surface area contributed by atoms with Gasteiger partial charge >= 0.3 is 0 Å². The summed E-state index contributed by atoms with van der Waals surface area (Å²) in [4.78, 5) is 0. The fourth-order valence-electron chi connectivity index (χ4n) is 1.99. The molecule has 2 rings (SSSR count). The molecule has 1 aromatic carbocycles. The van der Waals surface area contributed by atoms with Gasteiger partial charge in [-0.3, -0.25) is 0 Å². The van der Waals surface area contributed by atoms with E-state index in [1.54, 1.807) is 0 Å². The summed E-state index contributed by atoms with van der Waals surface area (Å²) < 4.78 is 24.7. The standard InChI is InChI=1S/C14H20FNO2/c1-9(5-6-16)12-7-10(15)8-13(17-2)14(12)18-11-3-4-11/h7-9,11H,3-6,16H2,1-2H3. The summed E-state index contributed by atoms with van der Waals surface area (Å²) in [5, 5.41) is 0. The first-order chi connectivity index (χ1) is 8.65. The van der Waals surface area contributed by atoms with Crippen LogP contribution in [0.15, 0.2) is 12.1 Å². The number of halogens is 1. The molecule has 3 nitrogen and oxygen atoms in total. The van der Waals surface area contributed by atoms with Crippen LogP contribution in [-0.4, -0.2) is 19.8 Å². The fraction of sp³-hybridized carbons (Fsp3) is 0.571. The molecule has 0 heterocycles. The average molecular weight is 253 g/mol. The first-order valence-corrected chi connectivity index (χ1v) is 6.39. The summed E-state index contributed by atoms with van der Waals surface area (Å²) in [5.41, 5.74) is 6.42. The largest absolute Gasteiger partial charge is 0.493 e. The lowest BCUT2D eigenvalue weighted by Gasteiger charge is -2.19. The number of rotatable bonds is 6. The number of ether oxygens (including phenoxy) is 2. The average Bonchev–Trinajstić information content (AvgIpc) is 3.15. The van der Waals surface area contributed by atoms with E-state index in [1.165, 1.54) is 19.2 Å². The summed E-state index contributed by atoms with van der Waals surface area (Å²) in [6.07, 6.45) is 3.18. The minimum Gasteiger partial charge on any atom is -0.493 e. The van der Waals surface area contributed by atoms with Crippen LogP contribution in [0.1, 0.15) is 37.7 Å². The van der Waals surface area contributed by atoms with Gasteiger partial charge in [0.1, 0.15) is 5.82 Å². The fourth-order valence-corrected chi connectivity index (χ4v) is 1.99. The van der Waals surface area contributed by atoms with Crippen LogP contribution < -0.4 is 15.2 Å². The molecule has 1 aliphatic carbocycles. The summed E-state index contributed by atoms with van der Waals surface area (Å²) in [6, 6.07) is 2.90. The first-order valence-electron chi connectivity index (χ1n) is 6.39. The van der Waals surface area contributed by atoms with Crippen LogP contribution in [0.3, 0.4) is 0 Å². The molecule has 1 unspecified atom stereocenters. The van der Waals surface area contributed by atoms with Crippen molar-refractivity contribution in [3.63, 3.8) is 0 Å². The number of hydrogen-bond donors (Lipinski definition) is 1. The van der Waals surface area contributed by atoms with Crippen molar-refractivity contribution in [2.45, 2.75) is 38.2 Å². The van der Waals surface area contributed by atoms with Gasteiger partial charge < -0.3 is 15.2 Å². The van der Waals surface area contributed by atoms with Gasteiger partial charge in [-0.2, -0.15) is 0 Å². The second kappa shape index (κ2) is 5.57. The lowest BCUT2D eigenvalue weighted by Crippen LogP contribution is -2.09. The summed E-state index contributed by atoms with van der Waals surface area (Å²) in [5.74, 6) is 1.02. The minimum absolute atomic E-state index is 0.161. The maximum Gasteiger partial charge on any atom is 0.165 e. The molecule has 4 heteroatoms. The normalized spacial score (nSPS) is 16.4. The molecule has 1 aliphatic rings. The highest BCUT2D eigenvalue weighted by Crippen LogP contribution is 2.41. The Morgan fingerprint density at radius 2 is 2.17 bits per heavy atom. The number of benzene rings is 1. The van der Waals surface area contributed by atoms with Crippen molar-refractivity contribution in [3.8, 4) is 11.5 Å². The monoisotopic (exact) mass is 253 g/mol. The Morgan fingerprint density at radius 1 is 1.44 bits per heavy atom. The SMILES string of the molecule is COc1cc(F)cc(C(C)CCN)c1OC1CC1. The molecule has 1 aromatic rings. The number of nitrogens with two attached hydrogens (primary N) is 1. The van der Waals surface area contributed by atoms with Gasteiger partial charge in [0.2, 0.25) is 0 Å². The number of hydrogen-bond acceptors (Lipinski definition) is 3. The zero-order chi connectivity index (χ0) is 13.1. The molecule has 0 aromatic heterocycles. The third-order valence-electron chi connectivity index (χ3n) is 3.21. The molecule has 1 atom stereocenters. The topological polar surface area (TPSA) is 44.5 Å². The van der Waals surface area contributed by atoms with Gasteiger partial charge in [0, 0.05) is 11.6 Å². The lowest BCUT2D eigenvalue weighted by atomic mass is 9.96. The van der Waals surface area contributed by atoms with Gasteiger partial charge in [-0.1, -0.05) is 6.92 Å². The van der Waals surface area contributed by atoms with Crippen LogP contribution >= 0.6 is 0 Å². The molecule has 0 amide bonds. The van der Waals surface area contributed by atoms with Crippen molar-refractivity contribution in [3.05, 3.63) is 23.5 Å². The van der Waals surface area contributed by atoms with Gasteiger partial charge in [0.15, 0.2) is 11.5 Å². The van der Waals surface area contributed by atoms with Crippen LogP contribution in [0.5, 0.6) is 11.5 Å². The second-order valence-corrected chi connectivity index (χ2v) is 4.82. The Balaban J connectivity index is 2.35. The highest BCUT2D eigenvalue weighted by Gasteiger charge is 2.27. The molecule has 100 valence electrons. The third kappa shape index (κ3) is 2.93. The second-order valence-electron chi connectivity index (χ2n) is 4.82. The summed E-state index contributed by atoms with van der Waals surface area (Å²) in [7, 11) is 1.53. The molecule has 18 heavy (non-hydrogen) atoms. The Labute approximate surface area is 107 Å². The van der Waals surface area contributed by atoms with Gasteiger partial charge in [-0.25, -0.2) is 4.39 Å². The van der Waals surface area contributed by atoms with E-state index in [0.29, 0.717) is 18.0 Å². The highest BCUT2D eigenvalue weighted by molar-refractivity contribution is 5.49. The molecule has 0 spiro atoms. The third-order valence-corrected chi connectivity index (χ3v) is 3.21. The Kier molecular flexibility index (Phi) is 4.07. The maximum atomic E-state index is 13.6. The molecule has 0 radical (unpaired) electrons.